The van der Waals surface area contributed by atoms with Gasteiger partial charge in [0.1, 0.15) is 17.7 Å². The van der Waals surface area contributed by atoms with E-state index in [1.54, 1.807) is 13.0 Å². The van der Waals surface area contributed by atoms with Crippen LogP contribution in [0.4, 0.5) is 0 Å². The second kappa shape index (κ2) is 8.11. The summed E-state index contributed by atoms with van der Waals surface area (Å²) in [5.41, 5.74) is 1.86. The van der Waals surface area contributed by atoms with Crippen LogP contribution in [0.5, 0.6) is 5.75 Å². The number of rotatable bonds is 6. The number of carbonyl (C=O) groups is 2. The maximum absolute atomic E-state index is 12.5. The van der Waals surface area contributed by atoms with Gasteiger partial charge in [0.2, 0.25) is 17.6 Å². The molecule has 2 aromatic heterocycles. The molecule has 0 aliphatic heterocycles. The lowest BCUT2D eigenvalue weighted by Crippen LogP contribution is -2.32. The summed E-state index contributed by atoms with van der Waals surface area (Å²) in [5, 5.41) is 16.0. The highest BCUT2D eigenvalue weighted by Crippen LogP contribution is 2.27. The molecule has 2 N–H and O–H groups in total. The largest absolute Gasteiger partial charge is 0.506 e. The molecule has 2 heterocycles. The monoisotopic (exact) mass is 370 g/mol. The van der Waals surface area contributed by atoms with Crippen LogP contribution in [0.2, 0.25) is 0 Å². The van der Waals surface area contributed by atoms with E-state index in [2.05, 4.69) is 27.4 Å². The van der Waals surface area contributed by atoms with Gasteiger partial charge < -0.3 is 14.9 Å². The second-order valence-electron chi connectivity index (χ2n) is 6.98. The van der Waals surface area contributed by atoms with Crippen molar-refractivity contribution >= 4 is 12.2 Å². The third-order valence-corrected chi connectivity index (χ3v) is 4.64. The van der Waals surface area contributed by atoms with Crippen molar-refractivity contribution in [1.29, 1.82) is 0 Å². The predicted molar refractivity (Wildman–Crippen MR) is 96.3 cm³/mol. The molecule has 0 bridgehead atoms. The summed E-state index contributed by atoms with van der Waals surface area (Å²) in [6, 6.07) is 3.07. The fourth-order valence-corrected chi connectivity index (χ4v) is 2.98. The number of allylic oxidation sites excluding steroid dienone is 2. The summed E-state index contributed by atoms with van der Waals surface area (Å²) in [4.78, 5) is 32.0. The van der Waals surface area contributed by atoms with Crippen LogP contribution in [-0.4, -0.2) is 32.4 Å². The molecule has 0 aromatic carbocycles. The predicted octanol–water partition coefficient (Wildman–Crippen LogP) is 2.41. The standard InChI is InChI=1S/C19H22N4O4/c1-11-3-4-13(10-24)16(7-11)21-19(26)12(2)8-17-22-18(23-27-17)15-6-5-14(25)9-20-15/h5-6,9-12,25H,3-4,7-8H2,1-2H3,(H,21,26)/t11-,12?/m0/s1. The topological polar surface area (TPSA) is 118 Å². The van der Waals surface area contributed by atoms with E-state index in [9.17, 15) is 14.7 Å². The highest BCUT2D eigenvalue weighted by Gasteiger charge is 2.23. The molecule has 1 amide bonds. The number of carbonyl (C=O) groups excluding carboxylic acids is 2. The fourth-order valence-electron chi connectivity index (χ4n) is 2.98. The molecule has 1 aliphatic carbocycles. The average Bonchev–Trinajstić information content (AvgIpc) is 3.11. The Balaban J connectivity index is 1.64. The number of nitrogens with zero attached hydrogens (tertiary/aromatic N) is 3. The number of amides is 1. The van der Waals surface area contributed by atoms with E-state index in [-0.39, 0.29) is 18.1 Å². The molecular weight excluding hydrogens is 348 g/mol. The van der Waals surface area contributed by atoms with E-state index in [0.29, 0.717) is 41.7 Å². The van der Waals surface area contributed by atoms with Crippen molar-refractivity contribution in [2.45, 2.75) is 39.5 Å². The molecule has 142 valence electrons. The van der Waals surface area contributed by atoms with Gasteiger partial charge in [-0.1, -0.05) is 19.0 Å². The Bertz CT molecular complexity index is 857. The van der Waals surface area contributed by atoms with Crippen molar-refractivity contribution in [3.8, 4) is 17.3 Å². The molecule has 1 aliphatic rings. The van der Waals surface area contributed by atoms with E-state index < -0.39 is 5.92 Å². The van der Waals surface area contributed by atoms with Gasteiger partial charge in [-0.15, -0.1) is 0 Å². The van der Waals surface area contributed by atoms with E-state index in [4.69, 9.17) is 4.52 Å². The van der Waals surface area contributed by atoms with Crippen molar-refractivity contribution in [3.05, 3.63) is 35.5 Å². The van der Waals surface area contributed by atoms with E-state index in [0.717, 1.165) is 18.4 Å². The van der Waals surface area contributed by atoms with E-state index >= 15 is 0 Å². The molecule has 8 heteroatoms. The normalized spacial score (nSPS) is 18.2. The SMILES string of the molecule is CC(Cc1nc(-c2ccc(O)cn2)no1)C(=O)NC1=C(C=O)CC[C@H](C)C1. The molecule has 0 radical (unpaired) electrons. The molecule has 3 rings (SSSR count). The van der Waals surface area contributed by atoms with E-state index in [1.807, 2.05) is 0 Å². The highest BCUT2D eigenvalue weighted by atomic mass is 16.5. The maximum atomic E-state index is 12.5. The number of pyridine rings is 1. The first-order valence-corrected chi connectivity index (χ1v) is 8.92. The summed E-state index contributed by atoms with van der Waals surface area (Å²) in [6.45, 7) is 3.87. The smallest absolute Gasteiger partial charge is 0.227 e. The zero-order valence-electron chi connectivity index (χ0n) is 15.3. The third-order valence-electron chi connectivity index (χ3n) is 4.64. The molecule has 8 nitrogen and oxygen atoms in total. The first kappa shape index (κ1) is 18.8. The van der Waals surface area contributed by atoms with Crippen LogP contribution in [-0.2, 0) is 16.0 Å². The molecule has 0 fully saturated rings. The molecule has 27 heavy (non-hydrogen) atoms. The molecule has 0 spiro atoms. The Labute approximate surface area is 156 Å². The van der Waals surface area contributed by atoms with E-state index in [1.165, 1.54) is 12.3 Å². The Morgan fingerprint density at radius 3 is 3.00 bits per heavy atom. The number of hydrogen-bond acceptors (Lipinski definition) is 7. The second-order valence-corrected chi connectivity index (χ2v) is 6.98. The lowest BCUT2D eigenvalue weighted by atomic mass is 9.88. The number of aldehydes is 1. The average molecular weight is 370 g/mol. The Kier molecular flexibility index (Phi) is 5.63. The van der Waals surface area contributed by atoms with Crippen LogP contribution in [0.25, 0.3) is 11.5 Å². The van der Waals surface area contributed by atoms with Crippen molar-refractivity contribution in [3.63, 3.8) is 0 Å². The number of nitrogens with one attached hydrogen (secondary N) is 1. The van der Waals surface area contributed by atoms with Gasteiger partial charge in [0.15, 0.2) is 0 Å². The molecule has 0 saturated carbocycles. The minimum absolute atomic E-state index is 0.0498. The summed E-state index contributed by atoms with van der Waals surface area (Å²) in [7, 11) is 0. The lowest BCUT2D eigenvalue weighted by molar-refractivity contribution is -0.124. The van der Waals surface area contributed by atoms with Gasteiger partial charge in [0, 0.05) is 23.6 Å². The third kappa shape index (κ3) is 4.58. The van der Waals surface area contributed by atoms with Crippen LogP contribution in [0, 0.1) is 11.8 Å². The quantitative estimate of drug-likeness (QED) is 0.750. The first-order chi connectivity index (χ1) is 13.0. The molecular formula is C19H22N4O4. The lowest BCUT2D eigenvalue weighted by Gasteiger charge is -2.23. The van der Waals surface area contributed by atoms with Crippen molar-refractivity contribution in [2.24, 2.45) is 11.8 Å². The minimum Gasteiger partial charge on any atom is -0.506 e. The fraction of sp³-hybridized carbons (Fsp3) is 0.421. The number of aromatic nitrogens is 3. The first-order valence-electron chi connectivity index (χ1n) is 8.92. The van der Waals surface area contributed by atoms with Gasteiger partial charge in [-0.3, -0.25) is 9.59 Å². The zero-order chi connectivity index (χ0) is 19.4. The Morgan fingerprint density at radius 1 is 1.48 bits per heavy atom. The maximum Gasteiger partial charge on any atom is 0.227 e. The van der Waals surface area contributed by atoms with Gasteiger partial charge in [0.25, 0.3) is 0 Å². The molecule has 1 unspecified atom stereocenters. The summed E-state index contributed by atoms with van der Waals surface area (Å²) >= 11 is 0. The van der Waals surface area contributed by atoms with Crippen LogP contribution < -0.4 is 5.32 Å². The number of aromatic hydroxyl groups is 1. The summed E-state index contributed by atoms with van der Waals surface area (Å²) < 4.78 is 5.21. The van der Waals surface area contributed by atoms with Crippen LogP contribution in [0.15, 0.2) is 34.1 Å². The van der Waals surface area contributed by atoms with Crippen LogP contribution in [0.3, 0.4) is 0 Å². The van der Waals surface area contributed by atoms with Crippen molar-refractivity contribution in [1.82, 2.24) is 20.4 Å². The zero-order valence-corrected chi connectivity index (χ0v) is 15.3. The summed E-state index contributed by atoms with van der Waals surface area (Å²) in [5.74, 6) is 0.530. The molecule has 0 saturated heterocycles. The minimum atomic E-state index is -0.399. The van der Waals surface area contributed by atoms with Gasteiger partial charge in [-0.25, -0.2) is 4.98 Å². The van der Waals surface area contributed by atoms with Crippen LogP contribution >= 0.6 is 0 Å². The summed E-state index contributed by atoms with van der Waals surface area (Å²) in [6.07, 6.45) is 4.76. The Hall–Kier alpha value is -3.03. The van der Waals surface area contributed by atoms with Gasteiger partial charge >= 0.3 is 0 Å². The van der Waals surface area contributed by atoms with Gasteiger partial charge in [0.05, 0.1) is 6.20 Å². The highest BCUT2D eigenvalue weighted by molar-refractivity contribution is 5.83. The number of hydrogen-bond donors (Lipinski definition) is 2. The van der Waals surface area contributed by atoms with Crippen molar-refractivity contribution < 1.29 is 19.2 Å². The van der Waals surface area contributed by atoms with Crippen molar-refractivity contribution in [2.75, 3.05) is 0 Å². The molecule has 2 atom stereocenters. The van der Waals surface area contributed by atoms with Gasteiger partial charge in [-0.05, 0) is 37.3 Å². The Morgan fingerprint density at radius 2 is 2.30 bits per heavy atom. The van der Waals surface area contributed by atoms with Gasteiger partial charge in [-0.2, -0.15) is 4.98 Å². The molecule has 2 aromatic rings. The van der Waals surface area contributed by atoms with Crippen LogP contribution in [0.1, 0.15) is 39.0 Å².